The normalized spacial score (nSPS) is 28.9. The summed E-state index contributed by atoms with van der Waals surface area (Å²) in [6.45, 7) is 6.69. The van der Waals surface area contributed by atoms with Crippen molar-refractivity contribution in [2.24, 2.45) is 11.3 Å². The maximum Gasteiger partial charge on any atom is 0.330 e. The largest absolute Gasteiger partial charge is 0.466 e. The Morgan fingerprint density at radius 1 is 1.57 bits per heavy atom. The molecule has 0 aliphatic heterocycles. The lowest BCUT2D eigenvalue weighted by atomic mass is 9.71. The molecule has 1 aliphatic rings. The predicted octanol–water partition coefficient (Wildman–Crippen LogP) is 2.93. The zero-order valence-electron chi connectivity index (χ0n) is 9.59. The van der Waals surface area contributed by atoms with Crippen LogP contribution in [0.5, 0.6) is 0 Å². The highest BCUT2D eigenvalue weighted by Gasteiger charge is 2.28. The Morgan fingerprint density at radius 3 is 2.79 bits per heavy atom. The van der Waals surface area contributed by atoms with Gasteiger partial charge in [0.05, 0.1) is 7.11 Å². The smallest absolute Gasteiger partial charge is 0.330 e. The highest BCUT2D eigenvalue weighted by Crippen LogP contribution is 2.41. The lowest BCUT2D eigenvalue weighted by Gasteiger charge is -2.35. The van der Waals surface area contributed by atoms with E-state index in [0.29, 0.717) is 11.3 Å². The molecule has 0 amide bonds. The summed E-state index contributed by atoms with van der Waals surface area (Å²) in [5, 5.41) is 0. The van der Waals surface area contributed by atoms with Crippen LogP contribution in [0.25, 0.3) is 0 Å². The highest BCUT2D eigenvalue weighted by atomic mass is 16.5. The molecule has 1 rings (SSSR count). The molecular formula is C12H20O2. The zero-order valence-corrected chi connectivity index (χ0v) is 9.59. The van der Waals surface area contributed by atoms with Crippen LogP contribution in [0, 0.1) is 11.3 Å². The molecule has 1 atom stereocenters. The van der Waals surface area contributed by atoms with E-state index in [0.717, 1.165) is 6.42 Å². The van der Waals surface area contributed by atoms with E-state index in [4.69, 9.17) is 0 Å². The van der Waals surface area contributed by atoms with E-state index >= 15 is 0 Å². The number of allylic oxidation sites excluding steroid dienone is 1. The minimum absolute atomic E-state index is 0.218. The van der Waals surface area contributed by atoms with E-state index in [1.165, 1.54) is 25.5 Å². The van der Waals surface area contributed by atoms with Gasteiger partial charge in [0.15, 0.2) is 0 Å². The van der Waals surface area contributed by atoms with Crippen LogP contribution >= 0.6 is 0 Å². The van der Waals surface area contributed by atoms with Gasteiger partial charge < -0.3 is 4.74 Å². The van der Waals surface area contributed by atoms with Crippen molar-refractivity contribution in [3.8, 4) is 0 Å². The molecular weight excluding hydrogens is 176 g/mol. The van der Waals surface area contributed by atoms with Crippen LogP contribution in [0.3, 0.4) is 0 Å². The van der Waals surface area contributed by atoms with Crippen molar-refractivity contribution >= 4 is 5.97 Å². The van der Waals surface area contributed by atoms with Gasteiger partial charge in [-0.15, -0.1) is 0 Å². The van der Waals surface area contributed by atoms with E-state index in [-0.39, 0.29) is 5.97 Å². The second-order valence-electron chi connectivity index (χ2n) is 5.02. The topological polar surface area (TPSA) is 26.3 Å². The van der Waals surface area contributed by atoms with Crippen LogP contribution in [0.1, 0.15) is 40.0 Å². The van der Waals surface area contributed by atoms with Crippen LogP contribution in [0.4, 0.5) is 0 Å². The summed E-state index contributed by atoms with van der Waals surface area (Å²) in [7, 11) is 1.43. The Hall–Kier alpha value is -0.790. The first kappa shape index (κ1) is 11.3. The van der Waals surface area contributed by atoms with Gasteiger partial charge >= 0.3 is 5.97 Å². The molecule has 0 bridgehead atoms. The summed E-state index contributed by atoms with van der Waals surface area (Å²) < 4.78 is 4.65. The van der Waals surface area contributed by atoms with Gasteiger partial charge in [0.25, 0.3) is 0 Å². The average Bonchev–Trinajstić information content (AvgIpc) is 2.11. The third kappa shape index (κ3) is 2.86. The number of rotatable bonds is 1. The van der Waals surface area contributed by atoms with Crippen LogP contribution in [-0.4, -0.2) is 13.1 Å². The molecule has 0 aromatic rings. The van der Waals surface area contributed by atoms with E-state index in [2.05, 4.69) is 25.5 Å². The fourth-order valence-electron chi connectivity index (χ4n) is 2.01. The summed E-state index contributed by atoms with van der Waals surface area (Å²) >= 11 is 0. The molecule has 0 N–H and O–H groups in total. The molecule has 0 radical (unpaired) electrons. The van der Waals surface area contributed by atoms with Crippen molar-refractivity contribution in [2.75, 3.05) is 7.11 Å². The van der Waals surface area contributed by atoms with Crippen LogP contribution in [0.15, 0.2) is 11.6 Å². The van der Waals surface area contributed by atoms with Crippen molar-refractivity contribution in [1.82, 2.24) is 0 Å². The van der Waals surface area contributed by atoms with Crippen LogP contribution in [0.2, 0.25) is 0 Å². The van der Waals surface area contributed by atoms with Gasteiger partial charge in [-0.1, -0.05) is 26.3 Å². The average molecular weight is 196 g/mol. The Bertz CT molecular complexity index is 251. The van der Waals surface area contributed by atoms with Gasteiger partial charge in [0.2, 0.25) is 0 Å². The first-order valence-electron chi connectivity index (χ1n) is 5.23. The molecule has 2 nitrogen and oxygen atoms in total. The Morgan fingerprint density at radius 2 is 2.21 bits per heavy atom. The summed E-state index contributed by atoms with van der Waals surface area (Å²) in [5.74, 6) is 0.312. The number of esters is 1. The molecule has 0 heterocycles. The van der Waals surface area contributed by atoms with Crippen LogP contribution in [-0.2, 0) is 9.53 Å². The third-order valence-corrected chi connectivity index (χ3v) is 3.07. The summed E-state index contributed by atoms with van der Waals surface area (Å²) in [4.78, 5) is 11.1. The van der Waals surface area contributed by atoms with Crippen molar-refractivity contribution in [3.05, 3.63) is 11.6 Å². The van der Waals surface area contributed by atoms with E-state index in [9.17, 15) is 4.79 Å². The SMILES string of the molecule is COC(=O)/C=C1/CC(C)(C)CCC1C. The molecule has 0 spiro atoms. The number of hydrogen-bond acceptors (Lipinski definition) is 2. The molecule has 1 aliphatic carbocycles. The molecule has 1 saturated carbocycles. The molecule has 0 saturated heterocycles. The summed E-state index contributed by atoms with van der Waals surface area (Å²) in [5.41, 5.74) is 1.58. The minimum Gasteiger partial charge on any atom is -0.466 e. The number of carbonyl (C=O) groups is 1. The van der Waals surface area contributed by atoms with Crippen molar-refractivity contribution < 1.29 is 9.53 Å². The molecule has 1 fully saturated rings. The molecule has 14 heavy (non-hydrogen) atoms. The first-order chi connectivity index (χ1) is 6.44. The second kappa shape index (κ2) is 4.16. The van der Waals surface area contributed by atoms with Crippen molar-refractivity contribution in [1.29, 1.82) is 0 Å². The molecule has 0 aromatic heterocycles. The quantitative estimate of drug-likeness (QED) is 0.476. The summed E-state index contributed by atoms with van der Waals surface area (Å²) in [6, 6.07) is 0. The van der Waals surface area contributed by atoms with Gasteiger partial charge in [-0.2, -0.15) is 0 Å². The maximum absolute atomic E-state index is 11.1. The van der Waals surface area contributed by atoms with Crippen molar-refractivity contribution in [3.63, 3.8) is 0 Å². The fourth-order valence-corrected chi connectivity index (χ4v) is 2.01. The van der Waals surface area contributed by atoms with Gasteiger partial charge in [-0.3, -0.25) is 0 Å². The fraction of sp³-hybridized carbons (Fsp3) is 0.750. The van der Waals surface area contributed by atoms with E-state index < -0.39 is 0 Å². The van der Waals surface area contributed by atoms with Crippen molar-refractivity contribution in [2.45, 2.75) is 40.0 Å². The number of hydrogen-bond donors (Lipinski definition) is 0. The lowest BCUT2D eigenvalue weighted by Crippen LogP contribution is -2.22. The van der Waals surface area contributed by atoms with Crippen LogP contribution < -0.4 is 0 Å². The Labute approximate surface area is 86.3 Å². The third-order valence-electron chi connectivity index (χ3n) is 3.07. The minimum atomic E-state index is -0.218. The van der Waals surface area contributed by atoms with E-state index in [1.807, 2.05) is 0 Å². The van der Waals surface area contributed by atoms with Gasteiger partial charge in [0.1, 0.15) is 0 Å². The summed E-state index contributed by atoms with van der Waals surface area (Å²) in [6.07, 6.45) is 5.11. The lowest BCUT2D eigenvalue weighted by molar-refractivity contribution is -0.134. The Kier molecular flexibility index (Phi) is 3.35. The number of ether oxygens (including phenoxy) is 1. The highest BCUT2D eigenvalue weighted by molar-refractivity contribution is 5.82. The predicted molar refractivity (Wildman–Crippen MR) is 56.9 cm³/mol. The molecule has 1 unspecified atom stereocenters. The van der Waals surface area contributed by atoms with E-state index in [1.54, 1.807) is 6.08 Å². The maximum atomic E-state index is 11.1. The second-order valence-corrected chi connectivity index (χ2v) is 5.02. The standard InChI is InChI=1S/C12H20O2/c1-9-5-6-12(2,3)8-10(9)7-11(13)14-4/h7,9H,5-6,8H2,1-4H3/b10-7-. The van der Waals surface area contributed by atoms with Gasteiger partial charge in [0, 0.05) is 6.08 Å². The molecule has 0 aromatic carbocycles. The Balaban J connectivity index is 2.75. The van der Waals surface area contributed by atoms with Gasteiger partial charge in [-0.05, 0) is 30.6 Å². The first-order valence-corrected chi connectivity index (χ1v) is 5.23. The van der Waals surface area contributed by atoms with Gasteiger partial charge in [-0.25, -0.2) is 4.79 Å². The monoisotopic (exact) mass is 196 g/mol. The zero-order chi connectivity index (χ0) is 10.8. The number of methoxy groups -OCH3 is 1. The molecule has 2 heteroatoms. The number of carbonyl (C=O) groups excluding carboxylic acids is 1. The molecule has 80 valence electrons.